The molecule has 2 aliphatic carbocycles. The van der Waals surface area contributed by atoms with Crippen LogP contribution in [0.25, 0.3) is 0 Å². The zero-order chi connectivity index (χ0) is 10.9. The molecule has 2 fully saturated rings. The molecule has 2 rings (SSSR count). The highest BCUT2D eigenvalue weighted by atomic mass is 33.1. The van der Waals surface area contributed by atoms with Gasteiger partial charge in [0.25, 0.3) is 0 Å². The molecule has 0 spiro atoms. The number of thiol groups is 1. The summed E-state index contributed by atoms with van der Waals surface area (Å²) < 4.78 is 2.18. The Balaban J connectivity index is 1.81. The smallest absolute Gasteiger partial charge is 0.115 e. The molecule has 0 aromatic heterocycles. The number of fused-ring (bicyclic) bond motifs is 2. The van der Waals surface area contributed by atoms with E-state index >= 15 is 0 Å². The summed E-state index contributed by atoms with van der Waals surface area (Å²) in [6, 6.07) is 0. The van der Waals surface area contributed by atoms with Crippen LogP contribution in [0.1, 0.15) is 32.1 Å². The van der Waals surface area contributed by atoms with Crippen molar-refractivity contribution >= 4 is 77.5 Å². The lowest BCUT2D eigenvalue weighted by molar-refractivity contribution is 0.500. The average molecular weight is 313 g/mol. The highest BCUT2D eigenvalue weighted by Gasteiger charge is 2.45. The van der Waals surface area contributed by atoms with E-state index in [2.05, 4.69) is 12.6 Å². The molecule has 0 radical (unpaired) electrons. The lowest BCUT2D eigenvalue weighted by Gasteiger charge is -2.25. The Morgan fingerprint density at radius 1 is 1.20 bits per heavy atom. The highest BCUT2D eigenvalue weighted by Crippen LogP contribution is 2.57. The molecule has 84 valence electrons. The molecular weight excluding hydrogens is 301 g/mol. The molecule has 0 amide bonds. The van der Waals surface area contributed by atoms with Crippen molar-refractivity contribution in [2.45, 2.75) is 36.9 Å². The molecule has 0 nitrogen and oxygen atoms in total. The summed E-state index contributed by atoms with van der Waals surface area (Å²) in [7, 11) is 3.09. The molecule has 2 bridgehead atoms. The third kappa shape index (κ3) is 3.52. The lowest BCUT2D eigenvalue weighted by Crippen LogP contribution is -2.18. The molecule has 2 aliphatic rings. The Bertz CT molecular complexity index is 278. The van der Waals surface area contributed by atoms with Gasteiger partial charge >= 0.3 is 0 Å². The van der Waals surface area contributed by atoms with E-state index in [4.69, 9.17) is 24.4 Å². The summed E-state index contributed by atoms with van der Waals surface area (Å²) in [4.78, 5) is 0. The number of thioether (sulfide) groups is 1. The molecule has 0 aromatic carbocycles. The Labute approximate surface area is 119 Å². The minimum Gasteiger partial charge on any atom is -0.124 e. The van der Waals surface area contributed by atoms with E-state index in [1.165, 1.54) is 42.9 Å². The maximum atomic E-state index is 5.38. The third-order valence-electron chi connectivity index (χ3n) is 3.16. The third-order valence-corrected chi connectivity index (χ3v) is 8.79. The minimum absolute atomic E-state index is 0.494. The van der Waals surface area contributed by atoms with Gasteiger partial charge in [-0.1, -0.05) is 24.4 Å². The Kier molecular flexibility index (Phi) is 4.76. The molecule has 2 saturated carbocycles. The summed E-state index contributed by atoms with van der Waals surface area (Å²) in [5, 5.41) is 0. The van der Waals surface area contributed by atoms with Crippen molar-refractivity contribution in [1.29, 1.82) is 0 Å². The summed E-state index contributed by atoms with van der Waals surface area (Å²) in [5.74, 6) is 0.990. The van der Waals surface area contributed by atoms with Crippen LogP contribution in [0.15, 0.2) is 0 Å². The second-order valence-corrected chi connectivity index (χ2v) is 10.6. The monoisotopic (exact) mass is 312 g/mol. The zero-order valence-corrected chi connectivity index (χ0v) is 13.1. The van der Waals surface area contributed by atoms with E-state index in [1.807, 2.05) is 11.8 Å². The lowest BCUT2D eigenvalue weighted by atomic mass is 10.0. The van der Waals surface area contributed by atoms with Gasteiger partial charge in [0.05, 0.1) is 0 Å². The van der Waals surface area contributed by atoms with Gasteiger partial charge in [-0.25, -0.2) is 0 Å². The van der Waals surface area contributed by atoms with E-state index in [9.17, 15) is 0 Å². The predicted octanol–water partition coefficient (Wildman–Crippen LogP) is 4.93. The van der Waals surface area contributed by atoms with Crippen LogP contribution in [0.5, 0.6) is 0 Å². The largest absolute Gasteiger partial charge is 0.124 e. The van der Waals surface area contributed by atoms with Crippen LogP contribution in [0, 0.1) is 5.92 Å². The first-order chi connectivity index (χ1) is 7.10. The van der Waals surface area contributed by atoms with Gasteiger partial charge < -0.3 is 0 Å². The number of thiocarbonyl (C=S) groups is 2. The SMILES string of the molecule is S=C(S)SSC(=S)SC12CCC(CC1)C2. The Morgan fingerprint density at radius 3 is 2.33 bits per heavy atom. The van der Waals surface area contributed by atoms with Gasteiger partial charge in [-0.3, -0.25) is 0 Å². The molecule has 0 atom stereocenters. The topological polar surface area (TPSA) is 0 Å². The highest BCUT2D eigenvalue weighted by molar-refractivity contribution is 8.95. The van der Waals surface area contributed by atoms with Gasteiger partial charge in [0.2, 0.25) is 0 Å². The number of hydrogen-bond acceptors (Lipinski definition) is 5. The fourth-order valence-electron chi connectivity index (χ4n) is 2.55. The van der Waals surface area contributed by atoms with Crippen molar-refractivity contribution in [3.63, 3.8) is 0 Å². The van der Waals surface area contributed by atoms with Crippen LogP contribution in [-0.4, -0.2) is 11.8 Å². The molecule has 6 heteroatoms. The standard InChI is InChI=1S/C9H12S6/c10-7(11)14-15-8(12)13-9-3-1-6(5-9)2-4-9/h6H,1-5H2,(H,10,11). The fourth-order valence-corrected chi connectivity index (χ4v) is 6.97. The molecule has 0 saturated heterocycles. The number of hydrogen-bond donors (Lipinski definition) is 1. The van der Waals surface area contributed by atoms with Gasteiger partial charge in [0, 0.05) is 4.75 Å². The van der Waals surface area contributed by atoms with Crippen LogP contribution in [0.3, 0.4) is 0 Å². The normalized spacial score (nSPS) is 33.3. The van der Waals surface area contributed by atoms with Gasteiger partial charge in [-0.2, -0.15) is 0 Å². The first-order valence-electron chi connectivity index (χ1n) is 4.90. The Morgan fingerprint density at radius 2 is 1.87 bits per heavy atom. The molecule has 0 aromatic rings. The zero-order valence-electron chi connectivity index (χ0n) is 8.10. The van der Waals surface area contributed by atoms with Crippen molar-refractivity contribution in [3.8, 4) is 0 Å². The maximum absolute atomic E-state index is 5.38. The van der Waals surface area contributed by atoms with E-state index in [0.717, 1.165) is 9.45 Å². The van der Waals surface area contributed by atoms with Gasteiger partial charge in [-0.05, 0) is 59.6 Å². The summed E-state index contributed by atoms with van der Waals surface area (Å²) in [6.45, 7) is 0. The van der Waals surface area contributed by atoms with E-state index in [0.29, 0.717) is 8.28 Å². The summed E-state index contributed by atoms with van der Waals surface area (Å²) in [6.07, 6.45) is 6.93. The van der Waals surface area contributed by atoms with Crippen LogP contribution in [0.2, 0.25) is 0 Å². The van der Waals surface area contributed by atoms with Crippen molar-refractivity contribution in [1.82, 2.24) is 0 Å². The van der Waals surface area contributed by atoms with E-state index < -0.39 is 0 Å². The molecule has 0 unspecified atom stereocenters. The fraction of sp³-hybridized carbons (Fsp3) is 0.778. The molecule has 15 heavy (non-hydrogen) atoms. The van der Waals surface area contributed by atoms with Gasteiger partial charge in [0.15, 0.2) is 0 Å². The summed E-state index contributed by atoms with van der Waals surface area (Å²) >= 11 is 16.3. The van der Waals surface area contributed by atoms with E-state index in [-0.39, 0.29) is 0 Å². The van der Waals surface area contributed by atoms with Crippen LogP contribution >= 0.6 is 70.4 Å². The second kappa shape index (κ2) is 5.48. The van der Waals surface area contributed by atoms with Crippen molar-refractivity contribution in [2.24, 2.45) is 5.92 Å². The molecule has 0 heterocycles. The van der Waals surface area contributed by atoms with E-state index in [1.54, 1.807) is 10.8 Å². The maximum Gasteiger partial charge on any atom is 0.115 e. The average Bonchev–Trinajstić information content (AvgIpc) is 2.74. The molecule has 0 aliphatic heterocycles. The van der Waals surface area contributed by atoms with Gasteiger partial charge in [0.1, 0.15) is 7.06 Å². The van der Waals surface area contributed by atoms with Crippen LogP contribution < -0.4 is 0 Å². The van der Waals surface area contributed by atoms with Crippen molar-refractivity contribution in [3.05, 3.63) is 0 Å². The first-order valence-corrected chi connectivity index (χ1v) is 9.13. The van der Waals surface area contributed by atoms with Crippen LogP contribution in [-0.2, 0) is 0 Å². The predicted molar refractivity (Wildman–Crippen MR) is 86.3 cm³/mol. The molecular formula is C9H12S6. The Hall–Kier alpha value is 1.58. The quantitative estimate of drug-likeness (QED) is 0.413. The van der Waals surface area contributed by atoms with Crippen molar-refractivity contribution in [2.75, 3.05) is 0 Å². The van der Waals surface area contributed by atoms with Gasteiger partial charge in [-0.15, -0.1) is 24.4 Å². The number of rotatable bonds is 1. The summed E-state index contributed by atoms with van der Waals surface area (Å²) in [5.41, 5.74) is 0. The molecule has 0 N–H and O–H groups in total. The first kappa shape index (κ1) is 13.0. The van der Waals surface area contributed by atoms with Crippen molar-refractivity contribution < 1.29 is 0 Å². The second-order valence-electron chi connectivity index (χ2n) is 4.12. The van der Waals surface area contributed by atoms with Crippen LogP contribution in [0.4, 0.5) is 0 Å². The minimum atomic E-state index is 0.494.